The minimum Gasteiger partial charge on any atom is -0.370 e. The van der Waals surface area contributed by atoms with Crippen LogP contribution in [0.25, 0.3) is 0 Å². The Morgan fingerprint density at radius 1 is 1.33 bits per heavy atom. The van der Waals surface area contributed by atoms with Gasteiger partial charge < -0.3 is 4.74 Å². The second kappa shape index (κ2) is 4.90. The lowest BCUT2D eigenvalue weighted by molar-refractivity contribution is 0.00731. The molecule has 0 bridgehead atoms. The number of ketones is 1. The van der Waals surface area contributed by atoms with Crippen LogP contribution < -0.4 is 0 Å². The van der Waals surface area contributed by atoms with Gasteiger partial charge in [-0.3, -0.25) is 4.79 Å². The fraction of sp³-hybridized carbons (Fsp3) is 0.417. The minimum absolute atomic E-state index is 0.0643. The number of benzene rings is 1. The maximum Gasteiger partial charge on any atom is 0.188 e. The first-order valence-corrected chi connectivity index (χ1v) is 5.95. The third-order valence-corrected chi connectivity index (χ3v) is 3.20. The fourth-order valence-corrected chi connectivity index (χ4v) is 1.71. The standard InChI is InChI=1S/C12H13BrO2/c13-10-6-4-9(5-7-10)12(14)8-15-11-2-1-3-11/h4-7,11H,1-3,8H2. The predicted octanol–water partition coefficient (Wildman–Crippen LogP) is 3.20. The molecule has 0 radical (unpaired) electrons. The number of rotatable bonds is 4. The van der Waals surface area contributed by atoms with E-state index in [0.717, 1.165) is 22.9 Å². The van der Waals surface area contributed by atoms with Gasteiger partial charge in [-0.25, -0.2) is 0 Å². The summed E-state index contributed by atoms with van der Waals surface area (Å²) in [6, 6.07) is 7.38. The van der Waals surface area contributed by atoms with E-state index >= 15 is 0 Å². The molecule has 1 saturated carbocycles. The molecule has 0 atom stereocenters. The van der Waals surface area contributed by atoms with Crippen molar-refractivity contribution in [3.8, 4) is 0 Å². The molecule has 0 aromatic heterocycles. The highest BCUT2D eigenvalue weighted by Gasteiger charge is 2.19. The number of halogens is 1. The van der Waals surface area contributed by atoms with Crippen LogP contribution in [0.5, 0.6) is 0 Å². The van der Waals surface area contributed by atoms with Crippen LogP contribution in [0, 0.1) is 0 Å². The van der Waals surface area contributed by atoms with Crippen molar-refractivity contribution in [1.29, 1.82) is 0 Å². The Morgan fingerprint density at radius 2 is 2.00 bits per heavy atom. The number of carbonyl (C=O) groups excluding carboxylic acids is 1. The van der Waals surface area contributed by atoms with E-state index < -0.39 is 0 Å². The number of Topliss-reactive ketones (excluding diaryl/α,β-unsaturated/α-hetero) is 1. The van der Waals surface area contributed by atoms with Crippen molar-refractivity contribution in [3.05, 3.63) is 34.3 Å². The Hall–Kier alpha value is -0.670. The summed E-state index contributed by atoms with van der Waals surface area (Å²) in [6.45, 7) is 0.215. The highest BCUT2D eigenvalue weighted by atomic mass is 79.9. The molecule has 2 rings (SSSR count). The van der Waals surface area contributed by atoms with Crippen LogP contribution >= 0.6 is 15.9 Å². The van der Waals surface area contributed by atoms with E-state index in [2.05, 4.69) is 15.9 Å². The Balaban J connectivity index is 1.86. The molecule has 0 aliphatic heterocycles. The molecule has 0 unspecified atom stereocenters. The first-order chi connectivity index (χ1) is 7.25. The molecule has 0 saturated heterocycles. The highest BCUT2D eigenvalue weighted by molar-refractivity contribution is 9.10. The third-order valence-electron chi connectivity index (χ3n) is 2.67. The first-order valence-electron chi connectivity index (χ1n) is 5.16. The molecule has 1 aliphatic carbocycles. The van der Waals surface area contributed by atoms with Gasteiger partial charge in [-0.2, -0.15) is 0 Å². The molecule has 1 aromatic carbocycles. The molecule has 1 aliphatic rings. The van der Waals surface area contributed by atoms with Crippen molar-refractivity contribution in [2.75, 3.05) is 6.61 Å². The first kappa shape index (κ1) is 10.8. The number of ether oxygens (including phenoxy) is 1. The van der Waals surface area contributed by atoms with E-state index in [1.807, 2.05) is 24.3 Å². The highest BCUT2D eigenvalue weighted by Crippen LogP contribution is 2.22. The van der Waals surface area contributed by atoms with Gasteiger partial charge in [-0.05, 0) is 31.4 Å². The topological polar surface area (TPSA) is 26.3 Å². The van der Waals surface area contributed by atoms with Crippen LogP contribution in [0.1, 0.15) is 29.6 Å². The Kier molecular flexibility index (Phi) is 3.54. The second-order valence-corrected chi connectivity index (χ2v) is 4.71. The summed E-state index contributed by atoms with van der Waals surface area (Å²) in [7, 11) is 0. The molecule has 1 aromatic rings. The summed E-state index contributed by atoms with van der Waals surface area (Å²) in [6.07, 6.45) is 3.77. The lowest BCUT2D eigenvalue weighted by atomic mass is 9.96. The molecule has 15 heavy (non-hydrogen) atoms. The van der Waals surface area contributed by atoms with Gasteiger partial charge in [0.1, 0.15) is 6.61 Å². The molecule has 0 N–H and O–H groups in total. The minimum atomic E-state index is 0.0643. The lowest BCUT2D eigenvalue weighted by Crippen LogP contribution is -2.24. The quantitative estimate of drug-likeness (QED) is 0.784. The molecule has 0 amide bonds. The monoisotopic (exact) mass is 268 g/mol. The summed E-state index contributed by atoms with van der Waals surface area (Å²) < 4.78 is 6.45. The number of hydrogen-bond donors (Lipinski definition) is 0. The van der Waals surface area contributed by atoms with E-state index in [9.17, 15) is 4.79 Å². The Morgan fingerprint density at radius 3 is 2.53 bits per heavy atom. The van der Waals surface area contributed by atoms with Crippen molar-refractivity contribution in [3.63, 3.8) is 0 Å². The number of carbonyl (C=O) groups is 1. The zero-order valence-electron chi connectivity index (χ0n) is 8.41. The van der Waals surface area contributed by atoms with Gasteiger partial charge >= 0.3 is 0 Å². The van der Waals surface area contributed by atoms with Gasteiger partial charge in [-0.1, -0.05) is 28.1 Å². The van der Waals surface area contributed by atoms with E-state index in [0.29, 0.717) is 6.10 Å². The van der Waals surface area contributed by atoms with Gasteiger partial charge in [0.05, 0.1) is 6.10 Å². The van der Waals surface area contributed by atoms with Crippen molar-refractivity contribution < 1.29 is 9.53 Å². The van der Waals surface area contributed by atoms with Crippen molar-refractivity contribution in [2.24, 2.45) is 0 Å². The van der Waals surface area contributed by atoms with Crippen LogP contribution in [-0.4, -0.2) is 18.5 Å². The number of hydrogen-bond acceptors (Lipinski definition) is 2. The summed E-state index contributed by atoms with van der Waals surface area (Å²) in [5, 5.41) is 0. The summed E-state index contributed by atoms with van der Waals surface area (Å²) in [4.78, 5) is 11.7. The summed E-state index contributed by atoms with van der Waals surface area (Å²) in [5.41, 5.74) is 0.720. The van der Waals surface area contributed by atoms with Gasteiger partial charge in [-0.15, -0.1) is 0 Å². The molecular weight excluding hydrogens is 256 g/mol. The zero-order valence-corrected chi connectivity index (χ0v) is 10.00. The maximum atomic E-state index is 11.7. The van der Waals surface area contributed by atoms with Gasteiger partial charge in [0, 0.05) is 10.0 Å². The van der Waals surface area contributed by atoms with E-state index in [1.54, 1.807) is 0 Å². The fourth-order valence-electron chi connectivity index (χ4n) is 1.45. The largest absolute Gasteiger partial charge is 0.370 e. The van der Waals surface area contributed by atoms with Gasteiger partial charge in [0.15, 0.2) is 5.78 Å². The molecule has 1 fully saturated rings. The van der Waals surface area contributed by atoms with Crippen molar-refractivity contribution in [2.45, 2.75) is 25.4 Å². The van der Waals surface area contributed by atoms with E-state index in [1.165, 1.54) is 6.42 Å². The SMILES string of the molecule is O=C(COC1CCC1)c1ccc(Br)cc1. The average Bonchev–Trinajstić information content (AvgIpc) is 2.16. The van der Waals surface area contributed by atoms with Crippen molar-refractivity contribution >= 4 is 21.7 Å². The Bertz CT molecular complexity index is 341. The van der Waals surface area contributed by atoms with E-state index in [-0.39, 0.29) is 12.4 Å². The smallest absolute Gasteiger partial charge is 0.188 e. The maximum absolute atomic E-state index is 11.7. The molecule has 0 heterocycles. The molecule has 80 valence electrons. The predicted molar refractivity (Wildman–Crippen MR) is 62.1 cm³/mol. The molecule has 0 spiro atoms. The van der Waals surface area contributed by atoms with Crippen LogP contribution in [0.4, 0.5) is 0 Å². The van der Waals surface area contributed by atoms with Crippen LogP contribution in [0.3, 0.4) is 0 Å². The zero-order chi connectivity index (χ0) is 10.7. The van der Waals surface area contributed by atoms with Crippen molar-refractivity contribution in [1.82, 2.24) is 0 Å². The summed E-state index contributed by atoms with van der Waals surface area (Å²) in [5.74, 6) is 0.0643. The van der Waals surface area contributed by atoms with Crippen LogP contribution in [0.2, 0.25) is 0 Å². The summed E-state index contributed by atoms with van der Waals surface area (Å²) >= 11 is 3.33. The van der Waals surface area contributed by atoms with Gasteiger partial charge in [0.25, 0.3) is 0 Å². The van der Waals surface area contributed by atoms with E-state index in [4.69, 9.17) is 4.74 Å². The van der Waals surface area contributed by atoms with Gasteiger partial charge in [0.2, 0.25) is 0 Å². The third kappa shape index (κ3) is 2.89. The molecular formula is C12H13BrO2. The van der Waals surface area contributed by atoms with Crippen LogP contribution in [-0.2, 0) is 4.74 Å². The second-order valence-electron chi connectivity index (χ2n) is 3.79. The normalized spacial score (nSPS) is 16.1. The lowest BCUT2D eigenvalue weighted by Gasteiger charge is -2.25. The molecule has 3 heteroatoms. The Labute approximate surface area is 97.8 Å². The molecule has 2 nitrogen and oxygen atoms in total. The van der Waals surface area contributed by atoms with Crippen LogP contribution in [0.15, 0.2) is 28.7 Å². The average molecular weight is 269 g/mol.